The molecule has 5 heteroatoms. The van der Waals surface area contributed by atoms with E-state index in [4.69, 9.17) is 4.42 Å². The predicted molar refractivity (Wildman–Crippen MR) is 46.1 cm³/mol. The molecule has 0 aromatic carbocycles. The van der Waals surface area contributed by atoms with Gasteiger partial charge in [-0.3, -0.25) is 10.1 Å². The summed E-state index contributed by atoms with van der Waals surface area (Å²) >= 11 is 0. The molecule has 0 radical (unpaired) electrons. The van der Waals surface area contributed by atoms with Crippen molar-refractivity contribution in [2.45, 2.75) is 6.42 Å². The third kappa shape index (κ3) is 1.86. The number of oxazole rings is 1. The molecule has 13 heavy (non-hydrogen) atoms. The summed E-state index contributed by atoms with van der Waals surface area (Å²) in [6, 6.07) is 0. The highest BCUT2D eigenvalue weighted by atomic mass is 16.4. The minimum Gasteiger partial charge on any atom is -0.428 e. The molecule has 70 valence electrons. The summed E-state index contributed by atoms with van der Waals surface area (Å²) in [6.45, 7) is 1.66. The van der Waals surface area contributed by atoms with Crippen molar-refractivity contribution in [2.24, 2.45) is 5.92 Å². The van der Waals surface area contributed by atoms with E-state index in [1.807, 2.05) is 0 Å². The van der Waals surface area contributed by atoms with Gasteiger partial charge in [0, 0.05) is 6.54 Å². The molecule has 1 fully saturated rings. The smallest absolute Gasteiger partial charge is 0.231 e. The molecule has 0 spiro atoms. The van der Waals surface area contributed by atoms with Crippen molar-refractivity contribution >= 4 is 11.8 Å². The van der Waals surface area contributed by atoms with Crippen LogP contribution < -0.4 is 10.6 Å². The highest BCUT2D eigenvalue weighted by Crippen LogP contribution is 2.11. The van der Waals surface area contributed by atoms with E-state index < -0.39 is 0 Å². The van der Waals surface area contributed by atoms with Gasteiger partial charge in [-0.15, -0.1) is 0 Å². The maximum absolute atomic E-state index is 11.5. The van der Waals surface area contributed by atoms with Gasteiger partial charge in [-0.25, -0.2) is 4.98 Å². The molecule has 2 N–H and O–H groups in total. The molecular weight excluding hydrogens is 170 g/mol. The number of carbonyl (C=O) groups excluding carboxylic acids is 1. The second-order valence-electron chi connectivity index (χ2n) is 3.04. The number of amides is 1. The van der Waals surface area contributed by atoms with E-state index in [-0.39, 0.29) is 11.8 Å². The maximum atomic E-state index is 11.5. The van der Waals surface area contributed by atoms with E-state index in [0.717, 1.165) is 19.5 Å². The Hall–Kier alpha value is -1.36. The first kappa shape index (κ1) is 8.25. The number of anilines is 1. The monoisotopic (exact) mass is 181 g/mol. The van der Waals surface area contributed by atoms with E-state index in [2.05, 4.69) is 15.6 Å². The fraction of sp³-hybridized carbons (Fsp3) is 0.500. The Morgan fingerprint density at radius 2 is 2.69 bits per heavy atom. The molecule has 1 aliphatic rings. The quantitative estimate of drug-likeness (QED) is 0.685. The Balaban J connectivity index is 1.91. The lowest BCUT2D eigenvalue weighted by atomic mass is 10.1. The number of nitrogens with one attached hydrogen (secondary N) is 2. The molecule has 0 aliphatic carbocycles. The third-order valence-electron chi connectivity index (χ3n) is 2.11. The molecule has 1 atom stereocenters. The summed E-state index contributed by atoms with van der Waals surface area (Å²) in [5.74, 6) is 0.476. The number of hydrogen-bond donors (Lipinski definition) is 2. The van der Waals surface area contributed by atoms with Crippen LogP contribution in [0.15, 0.2) is 17.0 Å². The molecule has 0 bridgehead atoms. The van der Waals surface area contributed by atoms with Crippen LogP contribution in [0, 0.1) is 5.92 Å². The van der Waals surface area contributed by atoms with Crippen molar-refractivity contribution in [1.82, 2.24) is 10.3 Å². The molecule has 1 unspecified atom stereocenters. The lowest BCUT2D eigenvalue weighted by molar-refractivity contribution is -0.119. The Morgan fingerprint density at radius 3 is 3.31 bits per heavy atom. The normalized spacial score (nSPS) is 21.7. The number of carbonyl (C=O) groups is 1. The number of rotatable bonds is 2. The van der Waals surface area contributed by atoms with E-state index in [9.17, 15) is 4.79 Å². The summed E-state index contributed by atoms with van der Waals surface area (Å²) in [5.41, 5.74) is 0. The Bertz CT molecular complexity index is 278. The molecule has 1 aliphatic heterocycles. The van der Waals surface area contributed by atoms with Crippen LogP contribution in [0.3, 0.4) is 0 Å². The molecule has 1 amide bonds. The molecule has 2 rings (SSSR count). The van der Waals surface area contributed by atoms with Crippen LogP contribution in [-0.4, -0.2) is 24.0 Å². The lowest BCUT2D eigenvalue weighted by Gasteiger charge is -2.06. The van der Waals surface area contributed by atoms with Crippen molar-refractivity contribution in [3.05, 3.63) is 12.6 Å². The van der Waals surface area contributed by atoms with E-state index in [1.165, 1.54) is 12.6 Å². The second-order valence-corrected chi connectivity index (χ2v) is 3.04. The van der Waals surface area contributed by atoms with Crippen LogP contribution in [0.4, 0.5) is 5.88 Å². The fourth-order valence-corrected chi connectivity index (χ4v) is 1.38. The van der Waals surface area contributed by atoms with Gasteiger partial charge in [0.2, 0.25) is 11.8 Å². The van der Waals surface area contributed by atoms with Crippen LogP contribution >= 0.6 is 0 Å². The number of aromatic nitrogens is 1. The van der Waals surface area contributed by atoms with E-state index in [1.54, 1.807) is 0 Å². The van der Waals surface area contributed by atoms with Gasteiger partial charge >= 0.3 is 0 Å². The average molecular weight is 181 g/mol. The molecule has 1 aromatic rings. The first-order valence-corrected chi connectivity index (χ1v) is 4.26. The highest BCUT2D eigenvalue weighted by Gasteiger charge is 2.22. The van der Waals surface area contributed by atoms with Gasteiger partial charge in [-0.1, -0.05) is 0 Å². The van der Waals surface area contributed by atoms with Crippen LogP contribution in [0.1, 0.15) is 6.42 Å². The average Bonchev–Trinajstić information content (AvgIpc) is 2.74. The summed E-state index contributed by atoms with van der Waals surface area (Å²) in [6.07, 6.45) is 3.67. The molecule has 2 heterocycles. The number of nitrogens with zero attached hydrogens (tertiary/aromatic N) is 1. The summed E-state index contributed by atoms with van der Waals surface area (Å²) in [7, 11) is 0. The Morgan fingerprint density at radius 1 is 1.77 bits per heavy atom. The molecule has 1 saturated heterocycles. The summed E-state index contributed by atoms with van der Waals surface area (Å²) in [5, 5.41) is 5.78. The fourth-order valence-electron chi connectivity index (χ4n) is 1.38. The van der Waals surface area contributed by atoms with Crippen LogP contribution in [0.5, 0.6) is 0 Å². The van der Waals surface area contributed by atoms with E-state index >= 15 is 0 Å². The zero-order chi connectivity index (χ0) is 9.10. The van der Waals surface area contributed by atoms with Gasteiger partial charge < -0.3 is 9.73 Å². The summed E-state index contributed by atoms with van der Waals surface area (Å²) in [4.78, 5) is 15.2. The van der Waals surface area contributed by atoms with Crippen LogP contribution in [-0.2, 0) is 4.79 Å². The zero-order valence-corrected chi connectivity index (χ0v) is 7.12. The van der Waals surface area contributed by atoms with Gasteiger partial charge in [0.25, 0.3) is 0 Å². The zero-order valence-electron chi connectivity index (χ0n) is 7.12. The van der Waals surface area contributed by atoms with Gasteiger partial charge in [0.15, 0.2) is 6.39 Å². The van der Waals surface area contributed by atoms with Gasteiger partial charge in [0.05, 0.1) is 12.1 Å². The first-order valence-electron chi connectivity index (χ1n) is 4.26. The molecule has 0 saturated carbocycles. The van der Waals surface area contributed by atoms with Crippen LogP contribution in [0.25, 0.3) is 0 Å². The van der Waals surface area contributed by atoms with E-state index in [0.29, 0.717) is 5.88 Å². The van der Waals surface area contributed by atoms with Gasteiger partial charge in [-0.05, 0) is 13.0 Å². The maximum Gasteiger partial charge on any atom is 0.231 e. The topological polar surface area (TPSA) is 67.2 Å². The Labute approximate surface area is 75.5 Å². The van der Waals surface area contributed by atoms with Crippen molar-refractivity contribution in [3.63, 3.8) is 0 Å². The van der Waals surface area contributed by atoms with Gasteiger partial charge in [-0.2, -0.15) is 0 Å². The highest BCUT2D eigenvalue weighted by molar-refractivity contribution is 5.91. The minimum atomic E-state index is 0.00162. The van der Waals surface area contributed by atoms with Crippen molar-refractivity contribution < 1.29 is 9.21 Å². The second kappa shape index (κ2) is 3.57. The van der Waals surface area contributed by atoms with Crippen molar-refractivity contribution in [2.75, 3.05) is 18.4 Å². The third-order valence-corrected chi connectivity index (χ3v) is 2.11. The van der Waals surface area contributed by atoms with Crippen LogP contribution in [0.2, 0.25) is 0 Å². The molecule has 1 aromatic heterocycles. The minimum absolute atomic E-state index is 0.00162. The lowest BCUT2D eigenvalue weighted by Crippen LogP contribution is -2.24. The number of hydrogen-bond acceptors (Lipinski definition) is 4. The molecule has 5 nitrogen and oxygen atoms in total. The van der Waals surface area contributed by atoms with Crippen molar-refractivity contribution in [1.29, 1.82) is 0 Å². The Kier molecular flexibility index (Phi) is 2.27. The standard InChI is InChI=1S/C8H11N3O2/c12-8(6-1-2-9-3-6)11-7-4-10-5-13-7/h4-6,9H,1-3H2,(H,11,12). The summed E-state index contributed by atoms with van der Waals surface area (Å²) < 4.78 is 4.90. The predicted octanol–water partition coefficient (Wildman–Crippen LogP) is 0.223. The largest absolute Gasteiger partial charge is 0.428 e. The first-order chi connectivity index (χ1) is 6.36. The van der Waals surface area contributed by atoms with Crippen molar-refractivity contribution in [3.8, 4) is 0 Å². The van der Waals surface area contributed by atoms with Gasteiger partial charge in [0.1, 0.15) is 0 Å². The molecular formula is C8H11N3O2. The SMILES string of the molecule is O=C(Nc1cnco1)C1CCNC1.